The lowest BCUT2D eigenvalue weighted by molar-refractivity contribution is -0.115. The van der Waals surface area contributed by atoms with Crippen molar-refractivity contribution in [1.82, 2.24) is 5.32 Å². The van der Waals surface area contributed by atoms with Crippen LogP contribution in [0.3, 0.4) is 0 Å². The second kappa shape index (κ2) is 7.38. The lowest BCUT2D eigenvalue weighted by atomic mass is 9.79. The van der Waals surface area contributed by atoms with E-state index in [1.54, 1.807) is 0 Å². The summed E-state index contributed by atoms with van der Waals surface area (Å²) in [6.45, 7) is 2.92. The molecule has 116 valence electrons. The van der Waals surface area contributed by atoms with Crippen molar-refractivity contribution in [3.8, 4) is 0 Å². The van der Waals surface area contributed by atoms with E-state index in [-0.39, 0.29) is 12.5 Å². The lowest BCUT2D eigenvalue weighted by Gasteiger charge is -2.35. The molecule has 1 aromatic carbocycles. The molecule has 5 heteroatoms. The van der Waals surface area contributed by atoms with E-state index in [0.717, 1.165) is 35.8 Å². The van der Waals surface area contributed by atoms with E-state index in [9.17, 15) is 9.90 Å². The van der Waals surface area contributed by atoms with Crippen LogP contribution < -0.4 is 10.6 Å². The highest BCUT2D eigenvalue weighted by molar-refractivity contribution is 9.10. The summed E-state index contributed by atoms with van der Waals surface area (Å²) < 4.78 is 0.979. The summed E-state index contributed by atoms with van der Waals surface area (Å²) in [7, 11) is 0. The highest BCUT2D eigenvalue weighted by Crippen LogP contribution is 2.31. The van der Waals surface area contributed by atoms with Crippen molar-refractivity contribution in [2.45, 2.75) is 38.2 Å². The molecular formula is C16H23BrN2O2. The summed E-state index contributed by atoms with van der Waals surface area (Å²) >= 11 is 3.35. The van der Waals surface area contributed by atoms with Gasteiger partial charge in [-0.25, -0.2) is 0 Å². The quantitative estimate of drug-likeness (QED) is 0.761. The Labute approximate surface area is 134 Å². The fourth-order valence-electron chi connectivity index (χ4n) is 2.62. The molecule has 0 radical (unpaired) electrons. The topological polar surface area (TPSA) is 61.4 Å². The molecule has 1 amide bonds. The van der Waals surface area contributed by atoms with E-state index in [2.05, 4.69) is 33.5 Å². The van der Waals surface area contributed by atoms with E-state index in [1.807, 2.05) is 24.3 Å². The van der Waals surface area contributed by atoms with Crippen molar-refractivity contribution in [3.63, 3.8) is 0 Å². The third-order valence-corrected chi connectivity index (χ3v) is 4.60. The van der Waals surface area contributed by atoms with Crippen LogP contribution in [0.2, 0.25) is 0 Å². The molecule has 4 nitrogen and oxygen atoms in total. The molecular weight excluding hydrogens is 332 g/mol. The first kappa shape index (κ1) is 16.5. The van der Waals surface area contributed by atoms with Crippen LogP contribution >= 0.6 is 15.9 Å². The SMILES string of the molecule is CC1CCC(O)(CNCC(=O)Nc2ccc(Br)cc2)CC1. The highest BCUT2D eigenvalue weighted by Gasteiger charge is 2.31. The van der Waals surface area contributed by atoms with Crippen LogP contribution in [0.15, 0.2) is 28.7 Å². The van der Waals surface area contributed by atoms with Gasteiger partial charge < -0.3 is 15.7 Å². The smallest absolute Gasteiger partial charge is 0.238 e. The Balaban J connectivity index is 1.70. The maximum atomic E-state index is 11.8. The summed E-state index contributed by atoms with van der Waals surface area (Å²) in [5, 5.41) is 16.3. The van der Waals surface area contributed by atoms with Crippen LogP contribution in [0.1, 0.15) is 32.6 Å². The molecule has 1 aliphatic rings. The Morgan fingerprint density at radius 2 is 1.95 bits per heavy atom. The zero-order chi connectivity index (χ0) is 15.3. The lowest BCUT2D eigenvalue weighted by Crippen LogP contribution is -2.45. The van der Waals surface area contributed by atoms with Gasteiger partial charge >= 0.3 is 0 Å². The average molecular weight is 355 g/mol. The van der Waals surface area contributed by atoms with Gasteiger partial charge in [-0.3, -0.25) is 4.79 Å². The normalized spacial score (nSPS) is 25.6. The zero-order valence-electron chi connectivity index (χ0n) is 12.4. The minimum Gasteiger partial charge on any atom is -0.389 e. The number of rotatable bonds is 5. The summed E-state index contributed by atoms with van der Waals surface area (Å²) in [4.78, 5) is 11.8. The van der Waals surface area contributed by atoms with Gasteiger partial charge in [0.15, 0.2) is 0 Å². The summed E-state index contributed by atoms with van der Waals surface area (Å²) in [5.74, 6) is 0.607. The van der Waals surface area contributed by atoms with Gasteiger partial charge in [0.25, 0.3) is 0 Å². The Kier molecular flexibility index (Phi) is 5.79. The average Bonchev–Trinajstić information content (AvgIpc) is 2.45. The molecule has 0 heterocycles. The second-order valence-electron chi connectivity index (χ2n) is 6.07. The van der Waals surface area contributed by atoms with E-state index in [0.29, 0.717) is 12.5 Å². The second-order valence-corrected chi connectivity index (χ2v) is 6.98. The molecule has 0 unspecified atom stereocenters. The van der Waals surface area contributed by atoms with Gasteiger partial charge in [0.1, 0.15) is 0 Å². The zero-order valence-corrected chi connectivity index (χ0v) is 13.9. The van der Waals surface area contributed by atoms with Gasteiger partial charge in [-0.2, -0.15) is 0 Å². The van der Waals surface area contributed by atoms with Crippen molar-refractivity contribution in [3.05, 3.63) is 28.7 Å². The van der Waals surface area contributed by atoms with E-state index in [4.69, 9.17) is 0 Å². The molecule has 1 fully saturated rings. The molecule has 21 heavy (non-hydrogen) atoms. The number of carbonyl (C=O) groups excluding carboxylic acids is 1. The van der Waals surface area contributed by atoms with Crippen LogP contribution in [0, 0.1) is 5.92 Å². The van der Waals surface area contributed by atoms with Gasteiger partial charge in [-0.15, -0.1) is 0 Å². The van der Waals surface area contributed by atoms with Crippen molar-refractivity contribution in [1.29, 1.82) is 0 Å². The number of benzene rings is 1. The molecule has 0 spiro atoms. The Bertz CT molecular complexity index is 468. The van der Waals surface area contributed by atoms with Crippen molar-refractivity contribution >= 4 is 27.5 Å². The minimum absolute atomic E-state index is 0.0925. The molecule has 0 aliphatic heterocycles. The Morgan fingerprint density at radius 3 is 2.57 bits per heavy atom. The third-order valence-electron chi connectivity index (χ3n) is 4.07. The summed E-state index contributed by atoms with van der Waals surface area (Å²) in [5.41, 5.74) is 0.125. The maximum absolute atomic E-state index is 11.8. The molecule has 1 aliphatic carbocycles. The van der Waals surface area contributed by atoms with Gasteiger partial charge in [0.2, 0.25) is 5.91 Å². The predicted octanol–water partition coefficient (Wildman–Crippen LogP) is 2.92. The number of anilines is 1. The number of hydrogen-bond acceptors (Lipinski definition) is 3. The molecule has 0 atom stereocenters. The van der Waals surface area contributed by atoms with Crippen LogP contribution in [-0.4, -0.2) is 29.7 Å². The first-order valence-electron chi connectivity index (χ1n) is 7.45. The van der Waals surface area contributed by atoms with Crippen LogP contribution in [0.25, 0.3) is 0 Å². The molecule has 2 rings (SSSR count). The number of aliphatic hydroxyl groups is 1. The molecule has 0 aromatic heterocycles. The van der Waals surface area contributed by atoms with Crippen molar-refractivity contribution in [2.75, 3.05) is 18.4 Å². The third kappa shape index (κ3) is 5.41. The first-order valence-corrected chi connectivity index (χ1v) is 8.25. The summed E-state index contributed by atoms with van der Waals surface area (Å²) in [6, 6.07) is 7.46. The first-order chi connectivity index (χ1) is 9.97. The van der Waals surface area contributed by atoms with E-state index < -0.39 is 5.60 Å². The molecule has 0 bridgehead atoms. The predicted molar refractivity (Wildman–Crippen MR) is 88.2 cm³/mol. The Hall–Kier alpha value is -0.910. The monoisotopic (exact) mass is 354 g/mol. The maximum Gasteiger partial charge on any atom is 0.238 e. The summed E-state index contributed by atoms with van der Waals surface area (Å²) in [6.07, 6.45) is 3.75. The minimum atomic E-state index is -0.648. The molecule has 3 N–H and O–H groups in total. The van der Waals surface area contributed by atoms with Gasteiger partial charge in [0, 0.05) is 16.7 Å². The fourth-order valence-corrected chi connectivity index (χ4v) is 2.89. The number of halogens is 1. The van der Waals surface area contributed by atoms with Crippen molar-refractivity contribution < 1.29 is 9.90 Å². The van der Waals surface area contributed by atoms with Crippen molar-refractivity contribution in [2.24, 2.45) is 5.92 Å². The van der Waals surface area contributed by atoms with Crippen LogP contribution in [0.5, 0.6) is 0 Å². The molecule has 0 saturated heterocycles. The number of nitrogens with one attached hydrogen (secondary N) is 2. The molecule has 1 saturated carbocycles. The number of hydrogen-bond donors (Lipinski definition) is 3. The molecule has 1 aromatic rings. The van der Waals surface area contributed by atoms with Crippen LogP contribution in [-0.2, 0) is 4.79 Å². The largest absolute Gasteiger partial charge is 0.389 e. The Morgan fingerprint density at radius 1 is 1.33 bits per heavy atom. The van der Waals surface area contributed by atoms with Gasteiger partial charge in [-0.05, 0) is 55.9 Å². The highest BCUT2D eigenvalue weighted by atomic mass is 79.9. The van der Waals surface area contributed by atoms with Gasteiger partial charge in [-0.1, -0.05) is 22.9 Å². The number of amides is 1. The van der Waals surface area contributed by atoms with Crippen LogP contribution in [0.4, 0.5) is 5.69 Å². The number of carbonyl (C=O) groups is 1. The van der Waals surface area contributed by atoms with E-state index in [1.165, 1.54) is 0 Å². The fraction of sp³-hybridized carbons (Fsp3) is 0.562. The van der Waals surface area contributed by atoms with Gasteiger partial charge in [0.05, 0.1) is 12.1 Å². The van der Waals surface area contributed by atoms with E-state index >= 15 is 0 Å². The standard InChI is InChI=1S/C16H23BrN2O2/c1-12-6-8-16(21,9-7-12)11-18-10-15(20)19-14-4-2-13(17)3-5-14/h2-5,12,18,21H,6-11H2,1H3,(H,19,20).